The normalized spacial score (nSPS) is 10.6. The zero-order chi connectivity index (χ0) is 22.6. The molecule has 3 aromatic carbocycles. The van der Waals surface area contributed by atoms with Gasteiger partial charge in [-0.25, -0.2) is 0 Å². The molecule has 4 nitrogen and oxygen atoms in total. The van der Waals surface area contributed by atoms with Gasteiger partial charge in [0.05, 0.1) is 11.3 Å². The number of hydrogen-bond acceptors (Lipinski definition) is 4. The van der Waals surface area contributed by atoms with Crippen molar-refractivity contribution in [1.82, 2.24) is 0 Å². The lowest BCUT2D eigenvalue weighted by atomic mass is 10.2. The van der Waals surface area contributed by atoms with Crippen LogP contribution in [0, 0.1) is 11.3 Å². The Morgan fingerprint density at radius 2 is 1.72 bits per heavy atom. The Morgan fingerprint density at radius 1 is 1.00 bits per heavy atom. The van der Waals surface area contributed by atoms with E-state index < -0.39 is 0 Å². The summed E-state index contributed by atoms with van der Waals surface area (Å²) in [5.74, 6) is 0.531. The van der Waals surface area contributed by atoms with Crippen LogP contribution in [0.15, 0.2) is 94.7 Å². The molecule has 0 heterocycles. The van der Waals surface area contributed by atoms with Crippen LogP contribution in [0.4, 0.5) is 5.69 Å². The Balaban J connectivity index is 1.63. The quantitative estimate of drug-likeness (QED) is 0.269. The van der Waals surface area contributed by atoms with Crippen molar-refractivity contribution in [3.8, 4) is 11.8 Å². The smallest absolute Gasteiger partial charge is 0.255 e. The van der Waals surface area contributed by atoms with Gasteiger partial charge in [0, 0.05) is 15.4 Å². The summed E-state index contributed by atoms with van der Waals surface area (Å²) in [6.07, 6.45) is 7.60. The zero-order valence-electron chi connectivity index (χ0n) is 18.1. The highest BCUT2D eigenvalue weighted by molar-refractivity contribution is 7.99. The summed E-state index contributed by atoms with van der Waals surface area (Å²) in [6, 6.07) is 24.3. The highest BCUT2D eigenvalue weighted by Gasteiger charge is 2.11. The maximum absolute atomic E-state index is 12.8. The number of nitrogens with zero attached hydrogens (tertiary/aromatic N) is 1. The number of rotatable bonds is 10. The molecule has 0 atom stereocenters. The number of para-hydroxylation sites is 1. The van der Waals surface area contributed by atoms with Gasteiger partial charge in [-0.05, 0) is 55.0 Å². The molecule has 0 saturated carbocycles. The van der Waals surface area contributed by atoms with Crippen LogP contribution in [0.25, 0.3) is 0 Å². The minimum Gasteiger partial charge on any atom is -0.490 e. The predicted molar refractivity (Wildman–Crippen MR) is 130 cm³/mol. The van der Waals surface area contributed by atoms with Crippen LogP contribution in [-0.2, 0) is 0 Å². The third-order valence-electron chi connectivity index (χ3n) is 4.72. The molecular weight excluding hydrogens is 416 g/mol. The van der Waals surface area contributed by atoms with E-state index in [4.69, 9.17) is 4.74 Å². The maximum Gasteiger partial charge on any atom is 0.255 e. The second kappa shape index (κ2) is 12.4. The minimum absolute atomic E-state index is 0.197. The molecule has 3 aromatic rings. The first-order chi connectivity index (χ1) is 15.7. The van der Waals surface area contributed by atoms with E-state index in [-0.39, 0.29) is 5.91 Å². The molecule has 1 amide bonds. The van der Waals surface area contributed by atoms with Gasteiger partial charge in [-0.3, -0.25) is 4.79 Å². The van der Waals surface area contributed by atoms with Crippen molar-refractivity contribution in [2.24, 2.45) is 0 Å². The number of carbonyl (C=O) groups excluding carboxylic acids is 1. The number of hydrogen-bond donors (Lipinski definition) is 1. The van der Waals surface area contributed by atoms with Gasteiger partial charge in [-0.15, -0.1) is 0 Å². The van der Waals surface area contributed by atoms with Crippen LogP contribution in [-0.4, -0.2) is 12.5 Å². The lowest BCUT2D eigenvalue weighted by molar-refractivity contribution is 0.102. The largest absolute Gasteiger partial charge is 0.490 e. The molecule has 0 aliphatic carbocycles. The Hall–Kier alpha value is -3.49. The summed E-state index contributed by atoms with van der Waals surface area (Å²) in [5.41, 5.74) is 1.86. The average Bonchev–Trinajstić information content (AvgIpc) is 2.83. The third-order valence-corrected chi connectivity index (χ3v) is 5.87. The van der Waals surface area contributed by atoms with Crippen molar-refractivity contribution >= 4 is 23.4 Å². The van der Waals surface area contributed by atoms with Crippen LogP contribution in [0.2, 0.25) is 0 Å². The average molecular weight is 443 g/mol. The summed E-state index contributed by atoms with van der Waals surface area (Å²) < 4.78 is 5.70. The highest BCUT2D eigenvalue weighted by atomic mass is 32.2. The molecule has 162 valence electrons. The monoisotopic (exact) mass is 442 g/mol. The summed E-state index contributed by atoms with van der Waals surface area (Å²) in [5, 5.41) is 12.3. The Labute approximate surface area is 193 Å². The van der Waals surface area contributed by atoms with Crippen LogP contribution in [0.3, 0.4) is 0 Å². The zero-order valence-corrected chi connectivity index (χ0v) is 18.9. The predicted octanol–water partition coefficient (Wildman–Crippen LogP) is 7.09. The maximum atomic E-state index is 12.8. The molecule has 0 fully saturated rings. The van der Waals surface area contributed by atoms with Gasteiger partial charge in [0.1, 0.15) is 18.4 Å². The minimum atomic E-state index is -0.197. The molecule has 0 aliphatic rings. The van der Waals surface area contributed by atoms with E-state index >= 15 is 0 Å². The summed E-state index contributed by atoms with van der Waals surface area (Å²) >= 11 is 1.46. The number of nitrogens with one attached hydrogen (secondary N) is 1. The van der Waals surface area contributed by atoms with Crippen molar-refractivity contribution < 1.29 is 9.53 Å². The van der Waals surface area contributed by atoms with Gasteiger partial charge in [0.2, 0.25) is 0 Å². The molecule has 0 aliphatic heterocycles. The Kier molecular flexibility index (Phi) is 8.97. The number of carbonyl (C=O) groups is 1. The van der Waals surface area contributed by atoms with Crippen molar-refractivity contribution in [3.05, 3.63) is 96.1 Å². The lowest BCUT2D eigenvalue weighted by Gasteiger charge is -2.12. The second-order valence-electron chi connectivity index (χ2n) is 7.11. The molecule has 0 saturated heterocycles. The van der Waals surface area contributed by atoms with Crippen LogP contribution < -0.4 is 10.1 Å². The first-order valence-electron chi connectivity index (χ1n) is 10.7. The van der Waals surface area contributed by atoms with Crippen LogP contribution in [0.1, 0.15) is 42.1 Å². The molecule has 3 rings (SSSR count). The lowest BCUT2D eigenvalue weighted by Crippen LogP contribution is -2.12. The molecular formula is C27H26N2O2S. The third kappa shape index (κ3) is 6.76. The fraction of sp³-hybridized carbons (Fsp3) is 0.185. The molecule has 0 bridgehead atoms. The van der Waals surface area contributed by atoms with Gasteiger partial charge >= 0.3 is 0 Å². The van der Waals surface area contributed by atoms with Crippen molar-refractivity contribution in [2.75, 3.05) is 11.9 Å². The van der Waals surface area contributed by atoms with E-state index in [9.17, 15) is 10.1 Å². The molecule has 32 heavy (non-hydrogen) atoms. The Bertz CT molecular complexity index is 1100. The van der Waals surface area contributed by atoms with E-state index in [1.807, 2.05) is 48.5 Å². The second-order valence-corrected chi connectivity index (χ2v) is 8.19. The van der Waals surface area contributed by atoms with Crippen LogP contribution in [0.5, 0.6) is 5.75 Å². The van der Waals surface area contributed by atoms with Gasteiger partial charge in [-0.2, -0.15) is 5.26 Å². The number of ether oxygens (including phenoxy) is 1. The fourth-order valence-electron chi connectivity index (χ4n) is 2.97. The fourth-order valence-corrected chi connectivity index (χ4v) is 3.96. The van der Waals surface area contributed by atoms with E-state index in [1.54, 1.807) is 30.3 Å². The van der Waals surface area contributed by atoms with Gasteiger partial charge in [0.15, 0.2) is 0 Å². The molecule has 0 radical (unpaired) electrons. The number of nitriles is 1. The van der Waals surface area contributed by atoms with E-state index in [0.29, 0.717) is 23.4 Å². The molecule has 1 N–H and O–H groups in total. The van der Waals surface area contributed by atoms with Crippen LogP contribution >= 0.6 is 11.8 Å². The number of benzene rings is 3. The van der Waals surface area contributed by atoms with Gasteiger partial charge in [0.25, 0.3) is 5.91 Å². The number of allylic oxidation sites excluding steroid dienone is 1. The molecule has 5 heteroatoms. The SMILES string of the molecule is CCCCC=CCOc1ccc(C(=O)Nc2ccccc2Sc2ccccc2C#N)cc1. The molecule has 0 unspecified atom stereocenters. The van der Waals surface area contributed by atoms with E-state index in [1.165, 1.54) is 24.6 Å². The molecule has 0 spiro atoms. The Morgan fingerprint density at radius 3 is 2.47 bits per heavy atom. The van der Waals surface area contributed by atoms with Crippen molar-refractivity contribution in [3.63, 3.8) is 0 Å². The number of amides is 1. The number of unbranched alkanes of at least 4 members (excludes halogenated alkanes) is 2. The molecule has 0 aromatic heterocycles. The highest BCUT2D eigenvalue weighted by Crippen LogP contribution is 2.35. The van der Waals surface area contributed by atoms with Crippen molar-refractivity contribution in [2.45, 2.75) is 36.0 Å². The summed E-state index contributed by atoms with van der Waals surface area (Å²) in [6.45, 7) is 2.69. The summed E-state index contributed by atoms with van der Waals surface area (Å²) in [7, 11) is 0. The van der Waals surface area contributed by atoms with Gasteiger partial charge < -0.3 is 10.1 Å². The first kappa shape index (κ1) is 23.2. The van der Waals surface area contributed by atoms with Gasteiger partial charge in [-0.1, -0.05) is 67.9 Å². The van der Waals surface area contributed by atoms with E-state index in [0.717, 1.165) is 22.0 Å². The summed E-state index contributed by atoms with van der Waals surface area (Å²) in [4.78, 5) is 14.5. The van der Waals surface area contributed by atoms with Crippen molar-refractivity contribution in [1.29, 1.82) is 5.26 Å². The number of anilines is 1. The topological polar surface area (TPSA) is 62.1 Å². The standard InChI is InChI=1S/C27H26N2O2S/c1-2-3-4-5-10-19-31-23-17-15-21(16-18-23)27(30)29-24-12-7-9-14-26(24)32-25-13-8-6-11-22(25)20-28/h5-18H,2-4,19H2,1H3,(H,29,30). The first-order valence-corrected chi connectivity index (χ1v) is 11.5. The van der Waals surface area contributed by atoms with E-state index in [2.05, 4.69) is 24.4 Å².